The molecule has 0 saturated carbocycles. The summed E-state index contributed by atoms with van der Waals surface area (Å²) in [6.07, 6.45) is 8.65. The Morgan fingerprint density at radius 2 is 0.855 bits per heavy atom. The van der Waals surface area contributed by atoms with Crippen molar-refractivity contribution < 1.29 is 0 Å². The van der Waals surface area contributed by atoms with Gasteiger partial charge in [-0.15, -0.1) is 0 Å². The van der Waals surface area contributed by atoms with Gasteiger partial charge in [-0.05, 0) is 153 Å². The molecule has 0 atom stereocenters. The van der Waals surface area contributed by atoms with Crippen molar-refractivity contribution in [2.75, 3.05) is 9.80 Å². The largest absolute Gasteiger partial charge is 0.311 e. The average molecular weight is 797 g/mol. The number of benzene rings is 9. The standard InChI is InChI=1S/C60H48N2/c1-4-5-10-21-47-40-48-41-54(62(50-24-15-8-16-25-50)51-26-17-9-18-27-51)37-39-55(48)59-58(47)56-38-32-46(42-57(56)60(59,2)3)45-30-35-53(36-31-45)61(49-22-13-7-14-23-49)52-33-28-44(29-34-52)43-19-11-6-12-20-43/h4-42H,1-3H3/b5-4-,21-10-. The first kappa shape index (κ1) is 38.5. The Bertz CT molecular complexity index is 3020. The minimum atomic E-state index is -0.237. The zero-order valence-electron chi connectivity index (χ0n) is 35.4. The molecule has 0 heterocycles. The predicted octanol–water partition coefficient (Wildman–Crippen LogP) is 17.0. The number of para-hydroxylation sites is 3. The van der Waals surface area contributed by atoms with E-state index < -0.39 is 0 Å². The second-order valence-electron chi connectivity index (χ2n) is 16.5. The Balaban J connectivity index is 1.03. The lowest BCUT2D eigenvalue weighted by atomic mass is 9.79. The molecule has 10 rings (SSSR count). The van der Waals surface area contributed by atoms with Crippen molar-refractivity contribution >= 4 is 51.0 Å². The summed E-state index contributed by atoms with van der Waals surface area (Å²) < 4.78 is 0. The first-order chi connectivity index (χ1) is 30.5. The number of hydrogen-bond acceptors (Lipinski definition) is 2. The molecule has 298 valence electrons. The minimum absolute atomic E-state index is 0.237. The number of anilines is 6. The maximum Gasteiger partial charge on any atom is 0.0468 e. The van der Waals surface area contributed by atoms with Gasteiger partial charge in [0.05, 0.1) is 0 Å². The quantitative estimate of drug-likeness (QED) is 0.127. The van der Waals surface area contributed by atoms with Gasteiger partial charge in [0.1, 0.15) is 0 Å². The van der Waals surface area contributed by atoms with Crippen LogP contribution in [0.2, 0.25) is 0 Å². The van der Waals surface area contributed by atoms with Crippen molar-refractivity contribution in [1.82, 2.24) is 0 Å². The molecular weight excluding hydrogens is 749 g/mol. The third kappa shape index (κ3) is 7.10. The third-order valence-electron chi connectivity index (χ3n) is 12.3. The maximum atomic E-state index is 2.44. The molecule has 0 N–H and O–H groups in total. The number of rotatable bonds is 10. The zero-order valence-corrected chi connectivity index (χ0v) is 35.4. The summed E-state index contributed by atoms with van der Waals surface area (Å²) in [6, 6.07) is 76.9. The SMILES string of the molecule is C/C=C\C=C/c1cc2cc(N(c3ccccc3)c3ccccc3)ccc2c2c1-c1ccc(-c3ccc(N(c4ccccc4)c4ccc(-c5ccccc5)cc4)cc3)cc1C2(C)C. The second kappa shape index (κ2) is 16.4. The fourth-order valence-electron chi connectivity index (χ4n) is 9.35. The molecule has 0 spiro atoms. The van der Waals surface area contributed by atoms with Crippen LogP contribution in [0.1, 0.15) is 37.5 Å². The van der Waals surface area contributed by atoms with Gasteiger partial charge in [-0.25, -0.2) is 0 Å². The first-order valence-electron chi connectivity index (χ1n) is 21.5. The molecule has 9 aromatic rings. The van der Waals surface area contributed by atoms with Crippen LogP contribution in [-0.2, 0) is 5.41 Å². The van der Waals surface area contributed by atoms with Crippen LogP contribution in [-0.4, -0.2) is 0 Å². The third-order valence-corrected chi connectivity index (χ3v) is 12.3. The lowest BCUT2D eigenvalue weighted by molar-refractivity contribution is 0.666. The molecule has 0 aromatic heterocycles. The molecule has 0 radical (unpaired) electrons. The first-order valence-corrected chi connectivity index (χ1v) is 21.5. The van der Waals surface area contributed by atoms with Gasteiger partial charge in [-0.3, -0.25) is 0 Å². The molecule has 1 aliphatic rings. The molecule has 9 aromatic carbocycles. The summed E-state index contributed by atoms with van der Waals surface area (Å²) in [4.78, 5) is 4.68. The molecule has 0 bridgehead atoms. The Labute approximate surface area is 366 Å². The van der Waals surface area contributed by atoms with Gasteiger partial charge in [-0.1, -0.05) is 166 Å². The lowest BCUT2D eigenvalue weighted by Crippen LogP contribution is -2.16. The van der Waals surface area contributed by atoms with Crippen LogP contribution in [0, 0.1) is 0 Å². The van der Waals surface area contributed by atoms with Crippen LogP contribution in [0.3, 0.4) is 0 Å². The fraction of sp³-hybridized carbons (Fsp3) is 0.0667. The highest BCUT2D eigenvalue weighted by atomic mass is 15.1. The van der Waals surface area contributed by atoms with E-state index >= 15 is 0 Å². The number of hydrogen-bond donors (Lipinski definition) is 0. The molecule has 0 unspecified atom stereocenters. The Kier molecular flexibility index (Phi) is 10.2. The smallest absolute Gasteiger partial charge is 0.0468 e. The van der Waals surface area contributed by atoms with E-state index in [0.29, 0.717) is 0 Å². The van der Waals surface area contributed by atoms with Gasteiger partial charge in [0, 0.05) is 39.5 Å². The van der Waals surface area contributed by atoms with Crippen molar-refractivity contribution in [3.05, 3.63) is 247 Å². The van der Waals surface area contributed by atoms with Gasteiger partial charge >= 0.3 is 0 Å². The highest BCUT2D eigenvalue weighted by Gasteiger charge is 2.38. The number of fused-ring (bicyclic) bond motifs is 5. The zero-order chi connectivity index (χ0) is 42.0. The van der Waals surface area contributed by atoms with Gasteiger partial charge in [-0.2, -0.15) is 0 Å². The Hall–Kier alpha value is -7.68. The van der Waals surface area contributed by atoms with E-state index in [4.69, 9.17) is 0 Å². The fourth-order valence-corrected chi connectivity index (χ4v) is 9.35. The second-order valence-corrected chi connectivity index (χ2v) is 16.5. The van der Waals surface area contributed by atoms with Crippen LogP contribution >= 0.6 is 0 Å². The van der Waals surface area contributed by atoms with E-state index in [1.54, 1.807) is 0 Å². The summed E-state index contributed by atoms with van der Waals surface area (Å²) in [5.41, 5.74) is 17.9. The Morgan fingerprint density at radius 3 is 1.40 bits per heavy atom. The van der Waals surface area contributed by atoms with Crippen LogP contribution in [0.4, 0.5) is 34.1 Å². The van der Waals surface area contributed by atoms with E-state index in [-0.39, 0.29) is 5.41 Å². The van der Waals surface area contributed by atoms with Gasteiger partial charge in [0.15, 0.2) is 0 Å². The molecule has 0 saturated heterocycles. The summed E-state index contributed by atoms with van der Waals surface area (Å²) >= 11 is 0. The summed E-state index contributed by atoms with van der Waals surface area (Å²) in [5, 5.41) is 2.52. The van der Waals surface area contributed by atoms with Crippen molar-refractivity contribution in [3.63, 3.8) is 0 Å². The van der Waals surface area contributed by atoms with Crippen molar-refractivity contribution in [1.29, 1.82) is 0 Å². The van der Waals surface area contributed by atoms with E-state index in [0.717, 1.165) is 34.1 Å². The molecule has 0 amide bonds. The highest BCUT2D eigenvalue weighted by molar-refractivity contribution is 6.03. The maximum absolute atomic E-state index is 2.44. The average Bonchev–Trinajstić information content (AvgIpc) is 3.57. The molecule has 0 fully saturated rings. The molecule has 0 aliphatic heterocycles. The number of allylic oxidation sites excluding steroid dienone is 3. The topological polar surface area (TPSA) is 6.48 Å². The molecule has 2 nitrogen and oxygen atoms in total. The molecular formula is C60H48N2. The minimum Gasteiger partial charge on any atom is -0.311 e. The van der Waals surface area contributed by atoms with Crippen molar-refractivity contribution in [2.24, 2.45) is 0 Å². The highest BCUT2D eigenvalue weighted by Crippen LogP contribution is 2.54. The summed E-state index contributed by atoms with van der Waals surface area (Å²) in [7, 11) is 0. The van der Waals surface area contributed by atoms with Crippen molar-refractivity contribution in [2.45, 2.75) is 26.2 Å². The van der Waals surface area contributed by atoms with Crippen LogP contribution in [0.5, 0.6) is 0 Å². The number of nitrogens with zero attached hydrogens (tertiary/aromatic N) is 2. The molecule has 62 heavy (non-hydrogen) atoms. The van der Waals surface area contributed by atoms with Crippen LogP contribution in [0.15, 0.2) is 231 Å². The van der Waals surface area contributed by atoms with E-state index in [1.807, 2.05) is 0 Å². The molecule has 1 aliphatic carbocycles. The van der Waals surface area contributed by atoms with E-state index in [9.17, 15) is 0 Å². The van der Waals surface area contributed by atoms with Crippen LogP contribution < -0.4 is 9.80 Å². The summed E-state index contributed by atoms with van der Waals surface area (Å²) in [6.45, 7) is 6.87. The molecule has 2 heteroatoms. The van der Waals surface area contributed by atoms with E-state index in [2.05, 4.69) is 267 Å². The normalized spacial score (nSPS) is 12.8. The van der Waals surface area contributed by atoms with Gasteiger partial charge in [0.2, 0.25) is 0 Å². The van der Waals surface area contributed by atoms with Crippen molar-refractivity contribution in [3.8, 4) is 33.4 Å². The van der Waals surface area contributed by atoms with Crippen LogP contribution in [0.25, 0.3) is 50.2 Å². The lowest BCUT2D eigenvalue weighted by Gasteiger charge is -2.27. The predicted molar refractivity (Wildman–Crippen MR) is 266 cm³/mol. The van der Waals surface area contributed by atoms with Gasteiger partial charge in [0.25, 0.3) is 0 Å². The Morgan fingerprint density at radius 1 is 0.403 bits per heavy atom. The monoisotopic (exact) mass is 796 g/mol. The van der Waals surface area contributed by atoms with Gasteiger partial charge < -0.3 is 9.80 Å². The van der Waals surface area contributed by atoms with E-state index in [1.165, 1.54) is 60.8 Å². The summed E-state index contributed by atoms with van der Waals surface area (Å²) in [5.74, 6) is 0.